The third kappa shape index (κ3) is 2.73. The van der Waals surface area contributed by atoms with Gasteiger partial charge in [-0.3, -0.25) is 0 Å². The second-order valence-corrected chi connectivity index (χ2v) is 4.29. The van der Waals surface area contributed by atoms with Crippen LogP contribution in [0.5, 0.6) is 5.75 Å². The van der Waals surface area contributed by atoms with Crippen LogP contribution in [0.25, 0.3) is 0 Å². The van der Waals surface area contributed by atoms with Crippen molar-refractivity contribution < 1.29 is 31.1 Å². The molecular formula is C10H7BrF6O. The van der Waals surface area contributed by atoms with Gasteiger partial charge in [-0.1, -0.05) is 22.0 Å². The molecule has 0 fully saturated rings. The Morgan fingerprint density at radius 1 is 1.17 bits per heavy atom. The van der Waals surface area contributed by atoms with Gasteiger partial charge >= 0.3 is 12.1 Å². The zero-order chi connectivity index (χ0) is 14.1. The van der Waals surface area contributed by atoms with Gasteiger partial charge in [0.05, 0.1) is 7.11 Å². The predicted octanol–water partition coefficient (Wildman–Crippen LogP) is 4.47. The molecule has 0 N–H and O–H groups in total. The van der Waals surface area contributed by atoms with Crippen LogP contribution in [0.3, 0.4) is 0 Å². The minimum absolute atomic E-state index is 0.0197. The largest absolute Gasteiger partial charge is 0.497 e. The lowest BCUT2D eigenvalue weighted by Gasteiger charge is -2.25. The molecule has 0 heterocycles. The molecule has 0 amide bonds. The lowest BCUT2D eigenvalue weighted by Crippen LogP contribution is -2.40. The predicted molar refractivity (Wildman–Crippen MR) is 55.6 cm³/mol. The van der Waals surface area contributed by atoms with Crippen molar-refractivity contribution in [3.8, 4) is 5.75 Å². The zero-order valence-electron chi connectivity index (χ0n) is 8.86. The summed E-state index contributed by atoms with van der Waals surface area (Å²) >= 11 is 2.19. The Labute approximate surface area is 107 Å². The molecule has 0 aliphatic heterocycles. The number of alkyl halides is 6. The molecule has 0 bridgehead atoms. The molecule has 1 unspecified atom stereocenters. The van der Waals surface area contributed by atoms with Crippen LogP contribution < -0.4 is 4.74 Å². The summed E-state index contributed by atoms with van der Waals surface area (Å²) in [5, 5.41) is 0. The van der Waals surface area contributed by atoms with Gasteiger partial charge in [0.2, 0.25) is 0 Å². The molecule has 0 aromatic heterocycles. The summed E-state index contributed by atoms with van der Waals surface area (Å²) in [6, 6.07) is 2.64. The first kappa shape index (κ1) is 15.1. The standard InChI is InChI=1S/C10H7BrF6O/c1-18-5-2-3-6(7(12)4-5)8(11)9(13,14)10(15,16)17/h2-4,8H,1H3. The highest BCUT2D eigenvalue weighted by Crippen LogP contribution is 2.49. The van der Waals surface area contributed by atoms with Gasteiger partial charge in [-0.2, -0.15) is 22.0 Å². The SMILES string of the molecule is COc1ccc(C(Br)C(F)(F)C(F)(F)F)c(F)c1. The average molecular weight is 337 g/mol. The maximum Gasteiger partial charge on any atom is 0.454 e. The van der Waals surface area contributed by atoms with Gasteiger partial charge in [-0.25, -0.2) is 4.39 Å². The number of methoxy groups -OCH3 is 1. The summed E-state index contributed by atoms with van der Waals surface area (Å²) in [6.07, 6.45) is -5.77. The Bertz CT molecular complexity index is 431. The van der Waals surface area contributed by atoms with Crippen LogP contribution in [0, 0.1) is 5.82 Å². The van der Waals surface area contributed by atoms with Crippen LogP contribution in [0.4, 0.5) is 26.3 Å². The number of hydrogen-bond acceptors (Lipinski definition) is 1. The molecule has 0 radical (unpaired) electrons. The van der Waals surface area contributed by atoms with E-state index in [1.807, 2.05) is 0 Å². The van der Waals surface area contributed by atoms with E-state index in [4.69, 9.17) is 0 Å². The molecule has 1 aromatic carbocycles. The number of benzene rings is 1. The highest BCUT2D eigenvalue weighted by Gasteiger charge is 2.62. The lowest BCUT2D eigenvalue weighted by atomic mass is 10.1. The molecule has 102 valence electrons. The van der Waals surface area contributed by atoms with E-state index in [0.717, 1.165) is 18.2 Å². The fourth-order valence-electron chi connectivity index (χ4n) is 1.18. The number of hydrogen-bond donors (Lipinski definition) is 0. The summed E-state index contributed by atoms with van der Waals surface area (Å²) in [7, 11) is 1.21. The van der Waals surface area contributed by atoms with Crippen molar-refractivity contribution in [2.24, 2.45) is 0 Å². The lowest BCUT2D eigenvalue weighted by molar-refractivity contribution is -0.281. The van der Waals surface area contributed by atoms with E-state index in [0.29, 0.717) is 0 Å². The molecule has 1 rings (SSSR count). The van der Waals surface area contributed by atoms with Crippen molar-refractivity contribution in [1.29, 1.82) is 0 Å². The second-order valence-electron chi connectivity index (χ2n) is 3.37. The van der Waals surface area contributed by atoms with E-state index in [1.54, 1.807) is 0 Å². The van der Waals surface area contributed by atoms with Gasteiger partial charge in [0.25, 0.3) is 0 Å². The molecule has 18 heavy (non-hydrogen) atoms. The van der Waals surface area contributed by atoms with Crippen LogP contribution in [-0.2, 0) is 0 Å². The summed E-state index contributed by atoms with van der Waals surface area (Å²) in [4.78, 5) is -2.50. The summed E-state index contributed by atoms with van der Waals surface area (Å²) in [5.74, 6) is -6.27. The molecule has 0 saturated carbocycles. The Kier molecular flexibility index (Phi) is 4.19. The maximum atomic E-state index is 13.4. The number of rotatable bonds is 3. The zero-order valence-corrected chi connectivity index (χ0v) is 10.4. The number of ether oxygens (including phenoxy) is 1. The van der Waals surface area contributed by atoms with Crippen molar-refractivity contribution in [2.75, 3.05) is 7.11 Å². The van der Waals surface area contributed by atoms with E-state index in [9.17, 15) is 26.3 Å². The average Bonchev–Trinajstić information content (AvgIpc) is 2.26. The minimum atomic E-state index is -5.77. The fraction of sp³-hybridized carbons (Fsp3) is 0.400. The third-order valence-electron chi connectivity index (χ3n) is 2.18. The highest BCUT2D eigenvalue weighted by atomic mass is 79.9. The van der Waals surface area contributed by atoms with Gasteiger partial charge in [-0.05, 0) is 6.07 Å². The van der Waals surface area contributed by atoms with Crippen LogP contribution in [0.15, 0.2) is 18.2 Å². The van der Waals surface area contributed by atoms with Crippen LogP contribution in [0.1, 0.15) is 10.4 Å². The Morgan fingerprint density at radius 2 is 1.72 bits per heavy atom. The van der Waals surface area contributed by atoms with Crippen molar-refractivity contribution in [2.45, 2.75) is 16.9 Å². The third-order valence-corrected chi connectivity index (χ3v) is 3.25. The minimum Gasteiger partial charge on any atom is -0.497 e. The molecule has 0 spiro atoms. The van der Waals surface area contributed by atoms with E-state index in [2.05, 4.69) is 20.7 Å². The first-order chi connectivity index (χ1) is 8.11. The monoisotopic (exact) mass is 336 g/mol. The van der Waals surface area contributed by atoms with E-state index in [-0.39, 0.29) is 5.75 Å². The summed E-state index contributed by atoms with van der Waals surface area (Å²) < 4.78 is 80.4. The van der Waals surface area contributed by atoms with Gasteiger partial charge in [0, 0.05) is 11.6 Å². The Hall–Kier alpha value is -0.920. The van der Waals surface area contributed by atoms with Gasteiger partial charge < -0.3 is 4.74 Å². The van der Waals surface area contributed by atoms with Crippen LogP contribution >= 0.6 is 15.9 Å². The Balaban J connectivity index is 3.15. The molecule has 8 heteroatoms. The molecule has 0 aliphatic rings. The molecule has 1 atom stereocenters. The van der Waals surface area contributed by atoms with E-state index >= 15 is 0 Å². The highest BCUT2D eigenvalue weighted by molar-refractivity contribution is 9.09. The van der Waals surface area contributed by atoms with Crippen molar-refractivity contribution >= 4 is 15.9 Å². The maximum absolute atomic E-state index is 13.4. The summed E-state index contributed by atoms with van der Waals surface area (Å²) in [6.45, 7) is 0. The normalized spacial score (nSPS) is 14.4. The van der Waals surface area contributed by atoms with Crippen molar-refractivity contribution in [1.82, 2.24) is 0 Å². The molecule has 1 aromatic rings. The fourth-order valence-corrected chi connectivity index (χ4v) is 1.81. The van der Waals surface area contributed by atoms with E-state index < -0.39 is 28.3 Å². The molecule has 0 aliphatic carbocycles. The number of halogens is 7. The molecule has 1 nitrogen and oxygen atoms in total. The quantitative estimate of drug-likeness (QED) is 0.584. The molecular weight excluding hydrogens is 330 g/mol. The Morgan fingerprint density at radius 3 is 2.11 bits per heavy atom. The van der Waals surface area contributed by atoms with Crippen molar-refractivity contribution in [3.05, 3.63) is 29.6 Å². The van der Waals surface area contributed by atoms with Gasteiger partial charge in [-0.15, -0.1) is 0 Å². The first-order valence-corrected chi connectivity index (χ1v) is 5.45. The van der Waals surface area contributed by atoms with Crippen LogP contribution in [0.2, 0.25) is 0 Å². The van der Waals surface area contributed by atoms with Gasteiger partial charge in [0.1, 0.15) is 16.4 Å². The smallest absolute Gasteiger partial charge is 0.454 e. The first-order valence-electron chi connectivity index (χ1n) is 4.53. The molecule has 0 saturated heterocycles. The summed E-state index contributed by atoms with van der Waals surface area (Å²) in [5.41, 5.74) is -0.793. The topological polar surface area (TPSA) is 9.23 Å². The van der Waals surface area contributed by atoms with Crippen LogP contribution in [-0.4, -0.2) is 19.2 Å². The second kappa shape index (κ2) is 4.99. The van der Waals surface area contributed by atoms with Crippen molar-refractivity contribution in [3.63, 3.8) is 0 Å². The van der Waals surface area contributed by atoms with E-state index in [1.165, 1.54) is 7.11 Å². The van der Waals surface area contributed by atoms with Gasteiger partial charge in [0.15, 0.2) is 0 Å².